The van der Waals surface area contributed by atoms with Gasteiger partial charge in [0, 0.05) is 156 Å². The summed E-state index contributed by atoms with van der Waals surface area (Å²) in [6.07, 6.45) is 28.7. The highest BCUT2D eigenvalue weighted by Crippen LogP contribution is 2.68. The van der Waals surface area contributed by atoms with Crippen LogP contribution in [0.25, 0.3) is 0 Å². The third kappa shape index (κ3) is 14.6. The van der Waals surface area contributed by atoms with Crippen molar-refractivity contribution in [3.8, 4) is 28.7 Å². The number of carbonyl (C=O) groups excluding carboxylic acids is 6. The first-order valence-corrected chi connectivity index (χ1v) is 51.6. The van der Waals surface area contributed by atoms with Gasteiger partial charge in [-0.1, -0.05) is 85.5 Å². The largest absolute Gasteiger partial charge is 0.507 e. The first-order valence-electron chi connectivity index (χ1n) is 50.7. The summed E-state index contributed by atoms with van der Waals surface area (Å²) in [4.78, 5) is 85.6. The molecule has 10 saturated carbocycles. The van der Waals surface area contributed by atoms with E-state index in [0.717, 1.165) is 178 Å². The monoisotopic (exact) mass is 1890 g/mol. The number of nitrogens with two attached hydrogens (primary N) is 5. The Balaban J connectivity index is 0.000000102. The molecule has 26 nitrogen and oxygen atoms in total. The summed E-state index contributed by atoms with van der Waals surface area (Å²) >= 11 is 10.3. The standard InChI is InChI=1S/C22H28N2O4.C22H28N2O3.C22H28N2O2S.C21H26N2O4.C21H26N2O3S/c23-20(27)16-5-4-14-10-17-22(28)7-6-15(25)11-21(22,18(14)19(16)26)8-9-24(17)12-13-2-1-3-13;1-13-6-7-22(27)17-10-15-4-5-16(20(23)26)19(25)18(15)21(22,11-13)8-9-24(17)12-14-2-3-14;1-13-6-7-22(26)17-10-15-4-5-16(20(23)27)19(25)18(15)21(22,11-13)8-9-24(17)12-14-2-3-14;22-19(26)15-4-3-13-9-16-21(27)6-5-14(24)10-20(21,17(13)18(15)25)7-8-23(16)11-12-1-2-12;22-19(27)15-4-3-13-9-16-21(26)6-5-14(24)10-20(21,17(13)18(15)25)7-8-23(16)11-12-1-2-12/h4-5,13,17,26,28H,1-3,6-12H2,(H2,23,27);4-5,14,17,25,27H,1-3,6-12H2,(H2,23,26);4-5,14,17,25-26H,1-3,6-12H2,(H2,23,27);3-4,12,16,25,27H,1-2,5-11H2,(H2,22,26);3-4,12,16,25-26H,1-2,5-11H2,(H2,22,27)/t3*17-,21-,22-;2*16-,20-,21-/m11111/s1. The summed E-state index contributed by atoms with van der Waals surface area (Å²) < 4.78 is 0. The number of likely N-dealkylation sites (tertiary alicyclic amines) is 5. The molecule has 10 bridgehead atoms. The zero-order valence-electron chi connectivity index (χ0n) is 78.3. The Morgan fingerprint density at radius 1 is 0.309 bits per heavy atom. The number of benzene rings is 5. The summed E-state index contributed by atoms with van der Waals surface area (Å²) in [5.74, 6) is 2.09. The maximum absolute atomic E-state index is 12.5. The number of ketones is 3. The van der Waals surface area contributed by atoms with Crippen LogP contribution < -0.4 is 28.7 Å². The van der Waals surface area contributed by atoms with Crippen LogP contribution in [0.4, 0.5) is 0 Å². The van der Waals surface area contributed by atoms with Crippen LogP contribution in [0, 0.1) is 29.6 Å². The lowest BCUT2D eigenvalue weighted by molar-refractivity contribution is -0.175. The van der Waals surface area contributed by atoms with Gasteiger partial charge in [-0.15, -0.1) is 0 Å². The van der Waals surface area contributed by atoms with E-state index in [1.807, 2.05) is 30.3 Å². The van der Waals surface area contributed by atoms with Gasteiger partial charge in [-0.2, -0.15) is 0 Å². The number of allylic oxidation sites excluding steroid dienone is 2. The number of phenols is 5. The molecule has 28 heteroatoms. The smallest absolute Gasteiger partial charge is 0.252 e. The van der Waals surface area contributed by atoms with E-state index in [9.17, 15) is 79.8 Å². The second-order valence-corrected chi connectivity index (χ2v) is 46.6. The normalized spacial score (nSPS) is 35.4. The van der Waals surface area contributed by atoms with E-state index in [-0.39, 0.29) is 116 Å². The molecule has 5 saturated heterocycles. The maximum Gasteiger partial charge on any atom is 0.252 e. The van der Waals surface area contributed by atoms with Gasteiger partial charge in [0.25, 0.3) is 17.7 Å². The highest BCUT2D eigenvalue weighted by atomic mass is 32.1. The summed E-state index contributed by atoms with van der Waals surface area (Å²) in [6, 6.07) is 18.2. The van der Waals surface area contributed by atoms with Gasteiger partial charge in [-0.3, -0.25) is 53.3 Å². The molecular formula is C108H136N10O16S2. The summed E-state index contributed by atoms with van der Waals surface area (Å²) in [5, 5.41) is 115. The first-order chi connectivity index (χ1) is 64.8. The van der Waals surface area contributed by atoms with Gasteiger partial charge in [0.1, 0.15) is 56.1 Å². The molecule has 5 aliphatic heterocycles. The van der Waals surface area contributed by atoms with Gasteiger partial charge in [0.2, 0.25) is 0 Å². The van der Waals surface area contributed by atoms with Gasteiger partial charge < -0.3 is 79.7 Å². The number of hydrogen-bond donors (Lipinski definition) is 15. The molecule has 20 N–H and O–H groups in total. The number of fused-ring (bicyclic) bond motifs is 5. The number of hydrogen-bond acceptors (Lipinski definition) is 23. The van der Waals surface area contributed by atoms with Gasteiger partial charge in [0.15, 0.2) is 0 Å². The van der Waals surface area contributed by atoms with Crippen LogP contribution in [0.1, 0.15) is 297 Å². The predicted octanol–water partition coefficient (Wildman–Crippen LogP) is 9.70. The molecule has 0 aromatic heterocycles. The van der Waals surface area contributed by atoms with Crippen molar-refractivity contribution in [3.63, 3.8) is 0 Å². The molecule has 15 atom stereocenters. The fraction of sp³-hybridized carbons (Fsp3) is 0.611. The number of carbonyl (C=O) groups is 6. The average molecular weight is 1890 g/mol. The number of aliphatic hydroxyl groups is 5. The Kier molecular flexibility index (Phi) is 23.3. The Morgan fingerprint density at radius 3 is 0.721 bits per heavy atom. The Labute approximate surface area is 806 Å². The molecule has 0 unspecified atom stereocenters. The minimum atomic E-state index is -1.07. The van der Waals surface area contributed by atoms with E-state index in [2.05, 4.69) is 43.7 Å². The van der Waals surface area contributed by atoms with Crippen LogP contribution in [-0.2, 0) is 73.6 Å². The number of primary amides is 3. The van der Waals surface area contributed by atoms with E-state index >= 15 is 0 Å². The maximum atomic E-state index is 12.5. The minimum Gasteiger partial charge on any atom is -0.507 e. The predicted molar refractivity (Wildman–Crippen MR) is 520 cm³/mol. The van der Waals surface area contributed by atoms with E-state index in [4.69, 9.17) is 53.1 Å². The SMILES string of the molecule is C=C1CC[C@@]2(O)[C@H]3Cc4ccc(C(N)=O)c(O)c4[C@@]2(CCN3CC2CC2)C1.C=C1CC[C@@]2(O)[C@H]3Cc4ccc(C(N)=S)c(O)c4[C@@]2(CCN3CC2CC2)C1.NC(=O)c1ccc2c(c1O)[C@]13CCN(CC4CC4)[C@H](C2)[C@]1(O)CCC(=O)C3.NC(=O)c1ccc2c(c1O)[C@]13CCN(CC4CCC4)[C@H](C2)[C@]1(O)CCC(=O)C3.NC(=S)c1ccc2c(c1O)[C@]13CCN(CC4CC4)[C@H](C2)[C@]1(O)CCC(=O)C3. The number of thiocarbonyl (C=S) groups is 2. The van der Waals surface area contributed by atoms with Crippen molar-refractivity contribution < 1.29 is 79.8 Å². The molecule has 5 aromatic carbocycles. The Bertz CT molecular complexity index is 5330. The first kappa shape index (κ1) is 93.7. The minimum absolute atomic E-state index is 0.00234. The molecule has 5 aromatic rings. The van der Waals surface area contributed by atoms with Crippen molar-refractivity contribution in [2.75, 3.05) is 65.4 Å². The molecule has 726 valence electrons. The summed E-state index contributed by atoms with van der Waals surface area (Å²) in [6.45, 7) is 18.0. The third-order valence-electron chi connectivity index (χ3n) is 38.5. The Morgan fingerprint density at radius 2 is 0.515 bits per heavy atom. The molecule has 5 heterocycles. The third-order valence-corrected chi connectivity index (χ3v) is 38.9. The molecule has 0 spiro atoms. The van der Waals surface area contributed by atoms with Crippen LogP contribution in [-0.4, -0.2) is 244 Å². The van der Waals surface area contributed by atoms with Crippen molar-refractivity contribution in [1.29, 1.82) is 0 Å². The number of rotatable bonds is 15. The molecular weight excluding hydrogens is 1760 g/mol. The van der Waals surface area contributed by atoms with Gasteiger partial charge in [-0.25, -0.2) is 0 Å². The van der Waals surface area contributed by atoms with Gasteiger partial charge in [0.05, 0.1) is 55.8 Å². The van der Waals surface area contributed by atoms with Crippen molar-refractivity contribution in [3.05, 3.63) is 168 Å². The second kappa shape index (κ2) is 33.8. The topological polar surface area (TPSA) is 451 Å². The molecule has 25 rings (SSSR count). The van der Waals surface area contributed by atoms with Crippen molar-refractivity contribution in [2.45, 2.75) is 316 Å². The van der Waals surface area contributed by atoms with E-state index in [1.54, 1.807) is 24.3 Å². The van der Waals surface area contributed by atoms with Crippen LogP contribution >= 0.6 is 24.4 Å². The molecule has 20 aliphatic rings. The van der Waals surface area contributed by atoms with E-state index in [0.29, 0.717) is 137 Å². The number of phenolic OH excluding ortho intramolecular Hbond substituents is 2. The summed E-state index contributed by atoms with van der Waals surface area (Å²) in [5.41, 5.74) is 32.0. The van der Waals surface area contributed by atoms with Crippen molar-refractivity contribution in [2.24, 2.45) is 58.3 Å². The molecule has 3 amide bonds. The highest BCUT2D eigenvalue weighted by molar-refractivity contribution is 7.81. The molecule has 136 heavy (non-hydrogen) atoms. The lowest BCUT2D eigenvalue weighted by Crippen LogP contribution is -2.73. The number of aromatic hydroxyl groups is 5. The lowest BCUT2D eigenvalue weighted by atomic mass is 9.48. The zero-order valence-corrected chi connectivity index (χ0v) is 80.0. The fourth-order valence-corrected chi connectivity index (χ4v) is 31.2. The average Bonchev–Trinajstić information content (AvgIpc) is 0.998. The number of nitrogens with zero attached hydrogens (tertiary/aromatic N) is 5. The van der Waals surface area contributed by atoms with Gasteiger partial charge in [-0.05, 0) is 307 Å². The number of piperidine rings is 5. The van der Waals surface area contributed by atoms with Crippen LogP contribution in [0.5, 0.6) is 28.7 Å². The number of amides is 3. The Hall–Kier alpha value is -8.62. The van der Waals surface area contributed by atoms with Crippen LogP contribution in [0.2, 0.25) is 0 Å². The lowest BCUT2D eigenvalue weighted by Gasteiger charge is -2.64. The highest BCUT2D eigenvalue weighted by Gasteiger charge is 2.72. The molecule has 15 aliphatic carbocycles. The molecule has 0 radical (unpaired) electrons. The zero-order chi connectivity index (χ0) is 95.6. The van der Waals surface area contributed by atoms with E-state index in [1.165, 1.54) is 76.2 Å². The molecule has 15 fully saturated rings. The quantitative estimate of drug-likeness (QED) is 0.0342. The van der Waals surface area contributed by atoms with E-state index < -0.39 is 72.8 Å². The van der Waals surface area contributed by atoms with Crippen LogP contribution in [0.15, 0.2) is 85.0 Å². The van der Waals surface area contributed by atoms with Gasteiger partial charge >= 0.3 is 0 Å². The van der Waals surface area contributed by atoms with Crippen molar-refractivity contribution in [1.82, 2.24) is 24.5 Å². The summed E-state index contributed by atoms with van der Waals surface area (Å²) in [7, 11) is 0. The number of Topliss-reactive ketones (excluding diaryl/α,β-unsaturated/α-hetero) is 3. The second-order valence-electron chi connectivity index (χ2n) is 45.7. The van der Waals surface area contributed by atoms with Crippen molar-refractivity contribution >= 4 is 69.5 Å². The van der Waals surface area contributed by atoms with Crippen LogP contribution in [0.3, 0.4) is 0 Å². The fourth-order valence-electron chi connectivity index (χ4n) is 30.9.